The summed E-state index contributed by atoms with van der Waals surface area (Å²) in [5, 5.41) is 15.5. The first kappa shape index (κ1) is 27.7. The summed E-state index contributed by atoms with van der Waals surface area (Å²) in [6.45, 7) is 0. The van der Waals surface area contributed by atoms with Gasteiger partial charge in [0.2, 0.25) is 0 Å². The molecule has 2 atom stereocenters. The Morgan fingerprint density at radius 1 is 0.640 bits per heavy atom. The number of hydrogen-bond acceptors (Lipinski definition) is 4. The Kier molecular flexibility index (Phi) is 5.77. The molecule has 2 unspecified atom stereocenters. The highest BCUT2D eigenvalue weighted by Gasteiger charge is 2.38. The number of fused-ring (bicyclic) bond motifs is 10. The molecule has 50 heavy (non-hydrogen) atoms. The van der Waals surface area contributed by atoms with E-state index in [1.54, 1.807) is 6.07 Å². The van der Waals surface area contributed by atoms with Crippen LogP contribution >= 0.6 is 0 Å². The van der Waals surface area contributed by atoms with Crippen LogP contribution in [0, 0.1) is 0 Å². The minimum absolute atomic E-state index is 0.191. The zero-order valence-corrected chi connectivity index (χ0v) is 27.2. The van der Waals surface area contributed by atoms with Crippen LogP contribution in [0.1, 0.15) is 42.4 Å². The van der Waals surface area contributed by atoms with Gasteiger partial charge in [-0.3, -0.25) is 9.55 Å². The number of rotatable bonds is 4. The summed E-state index contributed by atoms with van der Waals surface area (Å²) < 4.78 is 8.80. The van der Waals surface area contributed by atoms with Crippen molar-refractivity contribution in [3.05, 3.63) is 145 Å². The van der Waals surface area contributed by atoms with Crippen LogP contribution in [0.5, 0.6) is 5.75 Å². The normalized spacial score (nSPS) is 16.6. The van der Waals surface area contributed by atoms with Gasteiger partial charge in [-0.05, 0) is 90.2 Å². The second-order valence-electron chi connectivity index (χ2n) is 13.8. The Bertz CT molecular complexity index is 2840. The Balaban J connectivity index is 1.20. The monoisotopic (exact) mass is 645 g/mol. The molecule has 2 aliphatic carbocycles. The van der Waals surface area contributed by atoms with Crippen molar-refractivity contribution in [1.82, 2.24) is 14.5 Å². The van der Waals surface area contributed by atoms with Crippen LogP contribution in [0.2, 0.25) is 0 Å². The van der Waals surface area contributed by atoms with E-state index in [2.05, 4.69) is 102 Å². The standard InChI is InChI=1S/C45H31N3O2/c49-40-17-5-3-13-34(40)45-47-43-31(14-8-16-39(43)48(45)38-15-7-10-26-9-1-2-11-30(26)38)29-24-35-33-12-4-6-18-41(33)50-44(35)36(25-29)37-22-21-32-27-19-20-28(23-27)42(32)46-37/h1-18,21-22,24-25,27-28,49H,19-20,23H2. The van der Waals surface area contributed by atoms with Gasteiger partial charge in [-0.15, -0.1) is 0 Å². The molecule has 11 rings (SSSR count). The minimum atomic E-state index is 0.191. The molecule has 5 nitrogen and oxygen atoms in total. The number of furan rings is 1. The number of hydrogen-bond donors (Lipinski definition) is 1. The van der Waals surface area contributed by atoms with Gasteiger partial charge >= 0.3 is 0 Å². The molecule has 0 amide bonds. The van der Waals surface area contributed by atoms with Crippen LogP contribution in [0.15, 0.2) is 138 Å². The molecule has 6 aromatic carbocycles. The largest absolute Gasteiger partial charge is 0.507 e. The van der Waals surface area contributed by atoms with E-state index in [0.717, 1.165) is 71.8 Å². The highest BCUT2D eigenvalue weighted by Crippen LogP contribution is 2.53. The number of pyridine rings is 1. The Hall–Kier alpha value is -6.20. The van der Waals surface area contributed by atoms with Gasteiger partial charge in [0.05, 0.1) is 28.0 Å². The Labute approximate surface area is 288 Å². The number of aromatic hydroxyl groups is 1. The molecular formula is C45H31N3O2. The summed E-state index contributed by atoms with van der Waals surface area (Å²) >= 11 is 0. The highest BCUT2D eigenvalue weighted by molar-refractivity contribution is 6.12. The lowest BCUT2D eigenvalue weighted by atomic mass is 9.93. The van der Waals surface area contributed by atoms with E-state index in [1.807, 2.05) is 30.3 Å². The van der Waals surface area contributed by atoms with E-state index in [0.29, 0.717) is 23.2 Å². The molecule has 1 saturated carbocycles. The van der Waals surface area contributed by atoms with E-state index < -0.39 is 0 Å². The summed E-state index contributed by atoms with van der Waals surface area (Å²) in [6, 6.07) is 45.9. The number of phenolic OH excluding ortho intramolecular Hbond substituents is 1. The third kappa shape index (κ3) is 3.95. The zero-order chi connectivity index (χ0) is 32.9. The van der Waals surface area contributed by atoms with Crippen molar-refractivity contribution >= 4 is 43.7 Å². The molecule has 1 fully saturated rings. The van der Waals surface area contributed by atoms with E-state index in [9.17, 15) is 5.11 Å². The maximum absolute atomic E-state index is 11.2. The smallest absolute Gasteiger partial charge is 0.149 e. The van der Waals surface area contributed by atoms with Crippen LogP contribution in [0.25, 0.3) is 83.2 Å². The van der Waals surface area contributed by atoms with Gasteiger partial charge < -0.3 is 9.52 Å². The minimum Gasteiger partial charge on any atom is -0.507 e. The average molecular weight is 646 g/mol. The molecule has 9 aromatic rings. The predicted octanol–water partition coefficient (Wildman–Crippen LogP) is 11.5. The summed E-state index contributed by atoms with van der Waals surface area (Å²) in [5.41, 5.74) is 11.9. The summed E-state index contributed by atoms with van der Waals surface area (Å²) in [7, 11) is 0. The van der Waals surface area contributed by atoms with Crippen LogP contribution in [0.3, 0.4) is 0 Å². The number of benzene rings is 6. The van der Waals surface area contributed by atoms with Gasteiger partial charge in [-0.25, -0.2) is 4.98 Å². The molecule has 0 radical (unpaired) electrons. The molecule has 3 aromatic heterocycles. The topological polar surface area (TPSA) is 64.1 Å². The predicted molar refractivity (Wildman–Crippen MR) is 201 cm³/mol. The zero-order valence-electron chi connectivity index (χ0n) is 27.2. The van der Waals surface area contributed by atoms with E-state index in [1.165, 1.54) is 30.5 Å². The van der Waals surface area contributed by atoms with Crippen molar-refractivity contribution in [1.29, 1.82) is 0 Å². The SMILES string of the molecule is Oc1ccccc1-c1nc2c(-c3cc(-c4ccc5c(n4)C4CCC5C4)c4oc5ccccc5c4c3)cccc2n1-c1cccc2ccccc12. The number of aromatic nitrogens is 3. The maximum Gasteiger partial charge on any atom is 0.149 e. The van der Waals surface area contributed by atoms with Gasteiger partial charge in [0.25, 0.3) is 0 Å². The number of para-hydroxylation sites is 3. The Morgan fingerprint density at radius 2 is 1.42 bits per heavy atom. The Morgan fingerprint density at radius 3 is 2.36 bits per heavy atom. The van der Waals surface area contributed by atoms with Crippen molar-refractivity contribution in [2.45, 2.75) is 31.1 Å². The third-order valence-corrected chi connectivity index (χ3v) is 11.1. The summed E-state index contributed by atoms with van der Waals surface area (Å²) in [4.78, 5) is 10.7. The number of imidazole rings is 1. The fourth-order valence-corrected chi connectivity index (χ4v) is 8.82. The third-order valence-electron chi connectivity index (χ3n) is 11.1. The van der Waals surface area contributed by atoms with Gasteiger partial charge in [-0.2, -0.15) is 0 Å². The number of phenols is 1. The second-order valence-corrected chi connectivity index (χ2v) is 13.8. The van der Waals surface area contributed by atoms with Crippen molar-refractivity contribution in [3.8, 4) is 45.2 Å². The van der Waals surface area contributed by atoms with Gasteiger partial charge in [0, 0.05) is 38.9 Å². The van der Waals surface area contributed by atoms with Gasteiger partial charge in [0.1, 0.15) is 22.7 Å². The van der Waals surface area contributed by atoms with Crippen LogP contribution in [-0.2, 0) is 0 Å². The lowest BCUT2D eigenvalue weighted by Gasteiger charge is -2.16. The molecule has 5 heteroatoms. The van der Waals surface area contributed by atoms with E-state index >= 15 is 0 Å². The van der Waals surface area contributed by atoms with Gasteiger partial charge in [0.15, 0.2) is 0 Å². The molecule has 1 N–H and O–H groups in total. The fourth-order valence-electron chi connectivity index (χ4n) is 8.82. The van der Waals surface area contributed by atoms with Crippen LogP contribution in [-0.4, -0.2) is 19.6 Å². The van der Waals surface area contributed by atoms with E-state index in [4.69, 9.17) is 14.4 Å². The quantitative estimate of drug-likeness (QED) is 0.207. The van der Waals surface area contributed by atoms with Gasteiger partial charge in [-0.1, -0.05) is 84.9 Å². The molecular weight excluding hydrogens is 615 g/mol. The average Bonchev–Trinajstić information content (AvgIpc) is 3.96. The first-order valence-electron chi connectivity index (χ1n) is 17.4. The van der Waals surface area contributed by atoms with Crippen molar-refractivity contribution in [2.24, 2.45) is 0 Å². The first-order chi connectivity index (χ1) is 24.7. The molecule has 2 aliphatic rings. The molecule has 0 saturated heterocycles. The highest BCUT2D eigenvalue weighted by atomic mass is 16.3. The first-order valence-corrected chi connectivity index (χ1v) is 17.4. The lowest BCUT2D eigenvalue weighted by molar-refractivity contribution is 0.477. The second kappa shape index (κ2) is 10.4. The van der Waals surface area contributed by atoms with Crippen LogP contribution in [0.4, 0.5) is 0 Å². The maximum atomic E-state index is 11.2. The lowest BCUT2D eigenvalue weighted by Crippen LogP contribution is -2.02. The summed E-state index contributed by atoms with van der Waals surface area (Å²) in [6.07, 6.45) is 3.74. The van der Waals surface area contributed by atoms with E-state index in [-0.39, 0.29) is 5.75 Å². The van der Waals surface area contributed by atoms with Crippen LogP contribution < -0.4 is 0 Å². The number of nitrogens with zero attached hydrogens (tertiary/aromatic N) is 3. The molecule has 0 aliphatic heterocycles. The molecule has 0 spiro atoms. The van der Waals surface area contributed by atoms with Crippen molar-refractivity contribution in [3.63, 3.8) is 0 Å². The van der Waals surface area contributed by atoms with Crippen molar-refractivity contribution in [2.75, 3.05) is 0 Å². The van der Waals surface area contributed by atoms with Crippen molar-refractivity contribution < 1.29 is 9.52 Å². The molecule has 238 valence electrons. The molecule has 3 heterocycles. The fraction of sp³-hybridized carbons (Fsp3) is 0.111. The molecule has 2 bridgehead atoms. The summed E-state index contributed by atoms with van der Waals surface area (Å²) in [5.74, 6) is 2.09.